The number of ether oxygens (including phenoxy) is 1. The van der Waals surface area contributed by atoms with E-state index >= 15 is 0 Å². The Kier molecular flexibility index (Phi) is 3.99. The van der Waals surface area contributed by atoms with Crippen LogP contribution in [0.1, 0.15) is 48.8 Å². The second kappa shape index (κ2) is 6.09. The van der Waals surface area contributed by atoms with E-state index in [4.69, 9.17) is 4.74 Å². The van der Waals surface area contributed by atoms with Crippen molar-refractivity contribution in [2.75, 3.05) is 13.2 Å². The van der Waals surface area contributed by atoms with Crippen LogP contribution in [0, 0.1) is 5.41 Å². The zero-order chi connectivity index (χ0) is 18.4. The number of fused-ring (bicyclic) bond motifs is 3. The summed E-state index contributed by atoms with van der Waals surface area (Å²) >= 11 is 0. The fraction of sp³-hybridized carbons (Fsp3) is 0.526. The fourth-order valence-electron chi connectivity index (χ4n) is 4.27. The van der Waals surface area contributed by atoms with Crippen LogP contribution in [0.25, 0.3) is 5.65 Å². The number of carboxylic acids is 1. The second-order valence-electron chi connectivity index (χ2n) is 7.50. The molecule has 1 saturated heterocycles. The van der Waals surface area contributed by atoms with E-state index in [0.29, 0.717) is 25.1 Å². The minimum atomic E-state index is -0.791. The Balaban J connectivity index is 1.51. The van der Waals surface area contributed by atoms with Gasteiger partial charge < -0.3 is 15.2 Å². The number of carbonyl (C=O) groups is 2. The van der Waals surface area contributed by atoms with Gasteiger partial charge in [-0.15, -0.1) is 0 Å². The number of hydrogen-bond acceptors (Lipinski definition) is 4. The smallest absolute Gasteiger partial charge is 0.312 e. The first kappa shape index (κ1) is 17.0. The zero-order valence-electron chi connectivity index (χ0n) is 14.8. The quantitative estimate of drug-likeness (QED) is 0.854. The van der Waals surface area contributed by atoms with Gasteiger partial charge in [-0.05, 0) is 44.2 Å². The molecule has 0 aromatic carbocycles. The number of rotatable bonds is 5. The molecule has 1 amide bonds. The molecule has 1 aliphatic heterocycles. The van der Waals surface area contributed by atoms with Crippen LogP contribution in [-0.2, 0) is 16.0 Å². The van der Waals surface area contributed by atoms with E-state index < -0.39 is 17.0 Å². The molecule has 2 atom stereocenters. The number of nitrogens with zero attached hydrogens (tertiary/aromatic N) is 2. The number of aromatic nitrogens is 2. The van der Waals surface area contributed by atoms with Crippen LogP contribution in [0.4, 0.5) is 0 Å². The van der Waals surface area contributed by atoms with E-state index in [1.807, 2.05) is 25.3 Å². The maximum atomic E-state index is 12.8. The average Bonchev–Trinajstić information content (AvgIpc) is 3.19. The molecule has 2 unspecified atom stereocenters. The highest BCUT2D eigenvalue weighted by Gasteiger charge is 2.56. The highest BCUT2D eigenvalue weighted by atomic mass is 16.5. The molecule has 2 aromatic rings. The average molecular weight is 357 g/mol. The molecular weight excluding hydrogens is 334 g/mol. The summed E-state index contributed by atoms with van der Waals surface area (Å²) in [7, 11) is 0. The summed E-state index contributed by atoms with van der Waals surface area (Å²) in [5.41, 5.74) is 0.839. The van der Waals surface area contributed by atoms with Crippen molar-refractivity contribution in [2.24, 2.45) is 5.41 Å². The third kappa shape index (κ3) is 2.67. The summed E-state index contributed by atoms with van der Waals surface area (Å²) in [6.07, 6.45) is 5.37. The maximum Gasteiger partial charge on any atom is 0.312 e. The Bertz CT molecular complexity index is 877. The molecule has 3 heterocycles. The van der Waals surface area contributed by atoms with Crippen molar-refractivity contribution in [3.63, 3.8) is 0 Å². The van der Waals surface area contributed by atoms with Crippen LogP contribution < -0.4 is 5.32 Å². The van der Waals surface area contributed by atoms with E-state index in [1.54, 1.807) is 10.5 Å². The van der Waals surface area contributed by atoms with Gasteiger partial charge in [0.25, 0.3) is 5.91 Å². The molecule has 26 heavy (non-hydrogen) atoms. The summed E-state index contributed by atoms with van der Waals surface area (Å²) in [6.45, 7) is 2.58. The lowest BCUT2D eigenvalue weighted by atomic mass is 9.70. The fourth-order valence-corrected chi connectivity index (χ4v) is 4.27. The van der Waals surface area contributed by atoms with Crippen molar-refractivity contribution in [3.8, 4) is 0 Å². The highest BCUT2D eigenvalue weighted by molar-refractivity contribution is 5.93. The first-order chi connectivity index (χ1) is 12.5. The zero-order valence-corrected chi connectivity index (χ0v) is 14.8. The number of aryl methyl sites for hydroxylation is 1. The summed E-state index contributed by atoms with van der Waals surface area (Å²) in [5, 5.41) is 12.5. The normalized spacial score (nSPS) is 27.6. The second-order valence-corrected chi connectivity index (χ2v) is 7.50. The summed E-state index contributed by atoms with van der Waals surface area (Å²) in [6, 6.07) is 5.45. The Morgan fingerprint density at radius 2 is 2.23 bits per heavy atom. The van der Waals surface area contributed by atoms with Crippen molar-refractivity contribution in [2.45, 2.75) is 44.6 Å². The molecule has 7 heteroatoms. The molecule has 2 fully saturated rings. The van der Waals surface area contributed by atoms with Crippen LogP contribution in [0.3, 0.4) is 0 Å². The number of imidazole rings is 1. The number of carbonyl (C=O) groups excluding carboxylic acids is 1. The van der Waals surface area contributed by atoms with Crippen LogP contribution in [0.15, 0.2) is 24.4 Å². The molecule has 1 saturated carbocycles. The first-order valence-corrected chi connectivity index (χ1v) is 9.10. The van der Waals surface area contributed by atoms with E-state index in [-0.39, 0.29) is 12.5 Å². The van der Waals surface area contributed by atoms with Gasteiger partial charge in [0.05, 0.1) is 23.3 Å². The minimum Gasteiger partial charge on any atom is -0.481 e. The molecule has 2 bridgehead atoms. The predicted molar refractivity (Wildman–Crippen MR) is 94.1 cm³/mol. The molecule has 2 aliphatic rings. The molecule has 0 spiro atoms. The van der Waals surface area contributed by atoms with E-state index in [0.717, 1.165) is 30.6 Å². The first-order valence-electron chi connectivity index (χ1n) is 9.10. The van der Waals surface area contributed by atoms with Crippen LogP contribution in [0.5, 0.6) is 0 Å². The van der Waals surface area contributed by atoms with Gasteiger partial charge in [0.1, 0.15) is 11.3 Å². The molecule has 4 rings (SSSR count). The minimum absolute atomic E-state index is 0.202. The monoisotopic (exact) mass is 357 g/mol. The SMILES string of the molecule is CCc1cn2c(C(=O)NCC34CCCC(C(=O)O)(CO3)C4)cccc2n1. The van der Waals surface area contributed by atoms with Crippen LogP contribution in [0.2, 0.25) is 0 Å². The van der Waals surface area contributed by atoms with Gasteiger partial charge in [0.15, 0.2) is 0 Å². The number of pyridine rings is 1. The van der Waals surface area contributed by atoms with Gasteiger partial charge in [0, 0.05) is 12.7 Å². The number of nitrogens with one attached hydrogen (secondary N) is 1. The van der Waals surface area contributed by atoms with Crippen molar-refractivity contribution in [1.29, 1.82) is 0 Å². The van der Waals surface area contributed by atoms with Crippen LogP contribution in [-0.4, -0.2) is 45.1 Å². The Labute approximate surface area is 151 Å². The van der Waals surface area contributed by atoms with Gasteiger partial charge in [-0.2, -0.15) is 0 Å². The molecule has 1 aliphatic carbocycles. The van der Waals surface area contributed by atoms with E-state index in [2.05, 4.69) is 10.3 Å². The van der Waals surface area contributed by atoms with Crippen LogP contribution >= 0.6 is 0 Å². The Hall–Kier alpha value is -2.41. The predicted octanol–water partition coefficient (Wildman–Crippen LogP) is 2.04. The molecule has 2 aromatic heterocycles. The van der Waals surface area contributed by atoms with Gasteiger partial charge in [0.2, 0.25) is 0 Å². The third-order valence-electron chi connectivity index (χ3n) is 5.76. The van der Waals surface area contributed by atoms with Crippen molar-refractivity contribution in [3.05, 3.63) is 35.8 Å². The van der Waals surface area contributed by atoms with E-state index in [9.17, 15) is 14.7 Å². The summed E-state index contributed by atoms with van der Waals surface area (Å²) < 4.78 is 7.71. The molecule has 138 valence electrons. The van der Waals surface area contributed by atoms with Crippen molar-refractivity contribution in [1.82, 2.24) is 14.7 Å². The lowest BCUT2D eigenvalue weighted by Gasteiger charge is -2.34. The Morgan fingerprint density at radius 1 is 1.38 bits per heavy atom. The molecular formula is C19H23N3O4. The summed E-state index contributed by atoms with van der Waals surface area (Å²) in [4.78, 5) is 28.9. The maximum absolute atomic E-state index is 12.8. The number of hydrogen-bond donors (Lipinski definition) is 2. The van der Waals surface area contributed by atoms with Gasteiger partial charge >= 0.3 is 5.97 Å². The number of aliphatic carboxylic acids is 1. The van der Waals surface area contributed by atoms with Crippen molar-refractivity contribution < 1.29 is 19.4 Å². The molecule has 0 radical (unpaired) electrons. The van der Waals surface area contributed by atoms with Crippen molar-refractivity contribution >= 4 is 17.5 Å². The summed E-state index contributed by atoms with van der Waals surface area (Å²) in [5.74, 6) is -0.993. The number of amides is 1. The van der Waals surface area contributed by atoms with E-state index in [1.165, 1.54) is 0 Å². The molecule has 7 nitrogen and oxygen atoms in total. The topological polar surface area (TPSA) is 92.9 Å². The van der Waals surface area contributed by atoms with Gasteiger partial charge in [-0.1, -0.05) is 13.0 Å². The number of carboxylic acid groups (broad SMARTS) is 1. The van der Waals surface area contributed by atoms with Gasteiger partial charge in [-0.3, -0.25) is 14.0 Å². The Morgan fingerprint density at radius 3 is 3.00 bits per heavy atom. The highest BCUT2D eigenvalue weighted by Crippen LogP contribution is 2.50. The lowest BCUT2D eigenvalue weighted by Crippen LogP contribution is -2.46. The lowest BCUT2D eigenvalue weighted by molar-refractivity contribution is -0.149. The largest absolute Gasteiger partial charge is 0.481 e. The standard InChI is InChI=1S/C19H23N3O4/c1-2-13-9-22-14(5-3-6-15(22)21-13)16(23)20-11-19-8-4-7-18(10-19,12-26-19)17(24)25/h3,5-6,9H,2,4,7-8,10-12H2,1H3,(H,20,23)(H,24,25). The third-order valence-corrected chi connectivity index (χ3v) is 5.76. The van der Waals surface area contributed by atoms with Gasteiger partial charge in [-0.25, -0.2) is 4.98 Å². The molecule has 2 N–H and O–H groups in total.